The average molecular weight is 270 g/mol. The van der Waals surface area contributed by atoms with E-state index in [0.717, 1.165) is 22.3 Å². The van der Waals surface area contributed by atoms with Crippen molar-refractivity contribution in [2.75, 3.05) is 0 Å². The van der Waals surface area contributed by atoms with Gasteiger partial charge in [0.1, 0.15) is 13.6 Å². The van der Waals surface area contributed by atoms with Gasteiger partial charge >= 0.3 is 6.61 Å². The van der Waals surface area contributed by atoms with Gasteiger partial charge in [-0.1, -0.05) is 42.4 Å². The van der Waals surface area contributed by atoms with E-state index < -0.39 is 6.61 Å². The summed E-state index contributed by atoms with van der Waals surface area (Å²) in [5.74, 6) is 0.140. The normalized spacial score (nSPS) is 10.6. The van der Waals surface area contributed by atoms with Crippen molar-refractivity contribution in [1.82, 2.24) is 0 Å². The molecule has 2 aromatic carbocycles. The highest BCUT2D eigenvalue weighted by Gasteiger charge is 2.09. The second-order valence-corrected chi connectivity index (χ2v) is 4.46. The van der Waals surface area contributed by atoms with E-state index in [1.165, 1.54) is 6.07 Å². The molecular formula is C16H13BF2O. The Labute approximate surface area is 118 Å². The van der Waals surface area contributed by atoms with Crippen LogP contribution in [0.25, 0.3) is 5.57 Å². The van der Waals surface area contributed by atoms with Crippen LogP contribution in [-0.4, -0.2) is 14.5 Å². The number of halogens is 2. The molecule has 2 rings (SSSR count). The van der Waals surface area contributed by atoms with E-state index >= 15 is 0 Å². The van der Waals surface area contributed by atoms with E-state index in [9.17, 15) is 8.78 Å². The smallest absolute Gasteiger partial charge is 0.387 e. The molecule has 100 valence electrons. The summed E-state index contributed by atoms with van der Waals surface area (Å²) >= 11 is 0. The number of hydrogen-bond donors (Lipinski definition) is 0. The summed E-state index contributed by atoms with van der Waals surface area (Å²) in [6.07, 6.45) is 0. The number of ether oxygens (including phenoxy) is 1. The molecule has 0 unspecified atom stereocenters. The fourth-order valence-electron chi connectivity index (χ4n) is 2.03. The van der Waals surface area contributed by atoms with Gasteiger partial charge in [0.2, 0.25) is 0 Å². The van der Waals surface area contributed by atoms with Crippen LogP contribution in [0.5, 0.6) is 5.75 Å². The lowest BCUT2D eigenvalue weighted by atomic mass is 9.89. The van der Waals surface area contributed by atoms with E-state index in [-0.39, 0.29) is 5.75 Å². The number of aryl methyl sites for hydroxylation is 1. The van der Waals surface area contributed by atoms with Crippen molar-refractivity contribution in [3.8, 4) is 5.75 Å². The van der Waals surface area contributed by atoms with Crippen molar-refractivity contribution in [1.29, 1.82) is 0 Å². The predicted molar refractivity (Wildman–Crippen MR) is 77.8 cm³/mol. The van der Waals surface area contributed by atoms with E-state index in [4.69, 9.17) is 7.85 Å². The molecule has 0 aromatic heterocycles. The van der Waals surface area contributed by atoms with Gasteiger partial charge in [0.05, 0.1) is 0 Å². The summed E-state index contributed by atoms with van der Waals surface area (Å²) in [4.78, 5) is 0. The third-order valence-corrected chi connectivity index (χ3v) is 2.98. The number of alkyl halides is 2. The summed E-state index contributed by atoms with van der Waals surface area (Å²) < 4.78 is 28.7. The number of benzene rings is 2. The molecule has 0 aliphatic heterocycles. The first-order chi connectivity index (χ1) is 9.47. The van der Waals surface area contributed by atoms with Gasteiger partial charge in [-0.15, -0.1) is 0 Å². The highest BCUT2D eigenvalue weighted by atomic mass is 19.3. The van der Waals surface area contributed by atoms with Gasteiger partial charge in [0.25, 0.3) is 0 Å². The molecule has 0 aliphatic rings. The van der Waals surface area contributed by atoms with Crippen LogP contribution in [0.15, 0.2) is 49.0 Å². The van der Waals surface area contributed by atoms with Gasteiger partial charge in [-0.2, -0.15) is 8.78 Å². The first-order valence-corrected chi connectivity index (χ1v) is 6.08. The van der Waals surface area contributed by atoms with E-state index in [2.05, 4.69) is 11.3 Å². The Hall–Kier alpha value is -2.10. The van der Waals surface area contributed by atoms with Gasteiger partial charge in [-0.05, 0) is 41.3 Å². The largest absolute Gasteiger partial charge is 0.435 e. The zero-order valence-electron chi connectivity index (χ0n) is 11.1. The molecular weight excluding hydrogens is 257 g/mol. The maximum absolute atomic E-state index is 12.2. The Bertz CT molecular complexity index is 638. The van der Waals surface area contributed by atoms with Crippen LogP contribution in [0.4, 0.5) is 8.78 Å². The predicted octanol–water partition coefficient (Wildman–Crippen LogP) is 3.45. The monoisotopic (exact) mass is 270 g/mol. The topological polar surface area (TPSA) is 9.23 Å². The van der Waals surface area contributed by atoms with Gasteiger partial charge < -0.3 is 4.74 Å². The first kappa shape index (κ1) is 14.3. The Morgan fingerprint density at radius 1 is 1.20 bits per heavy atom. The second kappa shape index (κ2) is 5.91. The van der Waals surface area contributed by atoms with Crippen LogP contribution < -0.4 is 10.2 Å². The highest BCUT2D eigenvalue weighted by molar-refractivity contribution is 6.32. The van der Waals surface area contributed by atoms with Crippen molar-refractivity contribution in [2.24, 2.45) is 0 Å². The fraction of sp³-hybridized carbons (Fsp3) is 0.125. The van der Waals surface area contributed by atoms with Crippen LogP contribution >= 0.6 is 0 Å². The van der Waals surface area contributed by atoms with Gasteiger partial charge in [0.15, 0.2) is 0 Å². The summed E-state index contributed by atoms with van der Waals surface area (Å²) in [6, 6.07) is 12.2. The summed E-state index contributed by atoms with van der Waals surface area (Å²) in [5, 5.41) is 0. The van der Waals surface area contributed by atoms with Crippen molar-refractivity contribution in [3.05, 3.63) is 65.7 Å². The fourth-order valence-corrected chi connectivity index (χ4v) is 2.03. The molecule has 2 aromatic rings. The van der Waals surface area contributed by atoms with Crippen molar-refractivity contribution in [2.45, 2.75) is 13.5 Å². The SMILES string of the molecule is [B]c1cccc(C(=C)c2ccc(OC(F)F)cc2C)c1. The van der Waals surface area contributed by atoms with E-state index in [0.29, 0.717) is 5.46 Å². The second-order valence-electron chi connectivity index (χ2n) is 4.46. The van der Waals surface area contributed by atoms with Crippen molar-refractivity contribution >= 4 is 18.9 Å². The van der Waals surface area contributed by atoms with Crippen LogP contribution in [0.1, 0.15) is 16.7 Å². The molecule has 1 nitrogen and oxygen atoms in total. The molecule has 0 N–H and O–H groups in total. The third kappa shape index (κ3) is 3.26. The minimum atomic E-state index is -2.82. The van der Waals surface area contributed by atoms with Crippen LogP contribution in [-0.2, 0) is 0 Å². The molecule has 0 saturated carbocycles. The number of hydrogen-bond acceptors (Lipinski definition) is 1. The molecule has 0 atom stereocenters. The van der Waals surface area contributed by atoms with Gasteiger partial charge in [-0.3, -0.25) is 0 Å². The average Bonchev–Trinajstić information content (AvgIpc) is 2.37. The lowest BCUT2D eigenvalue weighted by Crippen LogP contribution is -2.04. The Morgan fingerprint density at radius 3 is 2.55 bits per heavy atom. The molecule has 0 spiro atoms. The van der Waals surface area contributed by atoms with Gasteiger partial charge in [-0.25, -0.2) is 0 Å². The minimum absolute atomic E-state index is 0.140. The Balaban J connectivity index is 2.31. The van der Waals surface area contributed by atoms with Crippen LogP contribution in [0, 0.1) is 6.92 Å². The maximum Gasteiger partial charge on any atom is 0.387 e. The standard InChI is InChI=1S/C16H13BF2O/c1-10-8-14(20-16(18)19)6-7-15(10)11(2)12-4-3-5-13(17)9-12/h3-9,16H,2H2,1H3. The summed E-state index contributed by atoms with van der Waals surface area (Å²) in [6.45, 7) is 3.05. The molecule has 4 heteroatoms. The number of rotatable bonds is 4. The molecule has 2 radical (unpaired) electrons. The van der Waals surface area contributed by atoms with E-state index in [1.54, 1.807) is 18.2 Å². The van der Waals surface area contributed by atoms with Crippen molar-refractivity contribution in [3.63, 3.8) is 0 Å². The molecule has 0 heterocycles. The maximum atomic E-state index is 12.2. The Morgan fingerprint density at radius 2 is 1.95 bits per heavy atom. The third-order valence-electron chi connectivity index (χ3n) is 2.98. The van der Waals surface area contributed by atoms with Crippen LogP contribution in [0.3, 0.4) is 0 Å². The Kier molecular flexibility index (Phi) is 4.23. The molecule has 0 aliphatic carbocycles. The van der Waals surface area contributed by atoms with Gasteiger partial charge in [0, 0.05) is 0 Å². The molecule has 20 heavy (non-hydrogen) atoms. The summed E-state index contributed by atoms with van der Waals surface area (Å²) in [5.41, 5.74) is 4.03. The minimum Gasteiger partial charge on any atom is -0.435 e. The zero-order chi connectivity index (χ0) is 14.7. The first-order valence-electron chi connectivity index (χ1n) is 6.08. The molecule has 0 amide bonds. The lowest BCUT2D eigenvalue weighted by Gasteiger charge is -2.12. The lowest BCUT2D eigenvalue weighted by molar-refractivity contribution is -0.0498. The summed E-state index contributed by atoms with van der Waals surface area (Å²) in [7, 11) is 5.75. The quantitative estimate of drug-likeness (QED) is 0.773. The highest BCUT2D eigenvalue weighted by Crippen LogP contribution is 2.27. The van der Waals surface area contributed by atoms with Crippen molar-refractivity contribution < 1.29 is 13.5 Å². The van der Waals surface area contributed by atoms with E-state index in [1.807, 2.05) is 25.1 Å². The molecule has 0 fully saturated rings. The zero-order valence-corrected chi connectivity index (χ0v) is 11.1. The molecule has 0 saturated heterocycles. The molecule has 0 bridgehead atoms. The van der Waals surface area contributed by atoms with Crippen LogP contribution in [0.2, 0.25) is 0 Å².